The molecular weight excluding hydrogens is 473 g/mol. The normalized spacial score (nSPS) is 11.7. The van der Waals surface area contributed by atoms with Gasteiger partial charge in [0.15, 0.2) is 9.84 Å². The van der Waals surface area contributed by atoms with Crippen LogP contribution in [0.25, 0.3) is 22.0 Å². The smallest absolute Gasteiger partial charge is 0.267 e. The predicted molar refractivity (Wildman–Crippen MR) is 128 cm³/mol. The molecule has 4 N–H and O–H groups in total. The van der Waals surface area contributed by atoms with Gasteiger partial charge in [0.2, 0.25) is 5.91 Å². The van der Waals surface area contributed by atoms with Crippen molar-refractivity contribution in [1.82, 2.24) is 14.8 Å². The summed E-state index contributed by atoms with van der Waals surface area (Å²) in [5.41, 5.74) is 13.6. The van der Waals surface area contributed by atoms with Crippen LogP contribution in [0.1, 0.15) is 37.8 Å². The molecule has 2 amide bonds. The van der Waals surface area contributed by atoms with Crippen molar-refractivity contribution < 1.29 is 22.4 Å². The Bertz CT molecular complexity index is 1630. The van der Waals surface area contributed by atoms with Gasteiger partial charge in [0.25, 0.3) is 5.91 Å². The topological polar surface area (TPSA) is 151 Å². The lowest BCUT2D eigenvalue weighted by Gasteiger charge is -2.15. The number of fused-ring (bicyclic) bond motifs is 1. The van der Waals surface area contributed by atoms with Crippen molar-refractivity contribution in [1.29, 1.82) is 0 Å². The Labute approximate surface area is 200 Å². The minimum absolute atomic E-state index is 0.00736. The number of aromatic nitrogens is 3. The zero-order chi connectivity index (χ0) is 25.7. The molecule has 0 fully saturated rings. The summed E-state index contributed by atoms with van der Waals surface area (Å²) in [4.78, 5) is 29.4. The Balaban J connectivity index is 1.92. The van der Waals surface area contributed by atoms with E-state index < -0.39 is 27.5 Å². The van der Waals surface area contributed by atoms with Gasteiger partial charge in [-0.15, -0.1) is 0 Å². The highest BCUT2D eigenvalue weighted by molar-refractivity contribution is 7.90. The molecule has 0 aliphatic rings. The molecule has 0 spiro atoms. The van der Waals surface area contributed by atoms with E-state index in [9.17, 15) is 22.4 Å². The molecule has 2 heterocycles. The number of primary amides is 2. The molecule has 2 aromatic carbocycles. The first-order chi connectivity index (χ1) is 16.4. The lowest BCUT2D eigenvalue weighted by atomic mass is 9.92. The summed E-state index contributed by atoms with van der Waals surface area (Å²) in [6, 6.07) is 10.0. The standard InChI is InChI=1S/C24H22FN5O4S/c1-12-19(13(2)30(29-12)11-14-4-7-16(8-5-14)35(3,33)34)21-20(23(26)31)17-9-6-15(25)10-18(17)28-22(21)24(27)32/h4-10H,11H2,1-3H3,(H2,26,31)(H2,27,32). The van der Waals surface area contributed by atoms with Crippen LogP contribution in [0.5, 0.6) is 0 Å². The fraction of sp³-hybridized carbons (Fsp3) is 0.167. The van der Waals surface area contributed by atoms with Crippen LogP contribution in [-0.4, -0.2) is 41.3 Å². The predicted octanol–water partition coefficient (Wildman–Crippen LogP) is 2.50. The number of pyridine rings is 1. The number of sulfone groups is 1. The molecule has 0 aliphatic carbocycles. The van der Waals surface area contributed by atoms with Gasteiger partial charge < -0.3 is 11.5 Å². The molecule has 0 saturated heterocycles. The molecule has 0 saturated carbocycles. The van der Waals surface area contributed by atoms with Crippen LogP contribution < -0.4 is 11.5 Å². The van der Waals surface area contributed by atoms with E-state index >= 15 is 0 Å². The first kappa shape index (κ1) is 24.0. The number of carbonyl (C=O) groups is 2. The minimum atomic E-state index is -3.33. The van der Waals surface area contributed by atoms with Gasteiger partial charge in [-0.3, -0.25) is 14.3 Å². The van der Waals surface area contributed by atoms with E-state index in [1.165, 1.54) is 24.3 Å². The van der Waals surface area contributed by atoms with E-state index in [0.29, 0.717) is 23.5 Å². The summed E-state index contributed by atoms with van der Waals surface area (Å²) in [6.45, 7) is 3.75. The van der Waals surface area contributed by atoms with Crippen LogP contribution in [0.4, 0.5) is 4.39 Å². The second-order valence-electron chi connectivity index (χ2n) is 8.22. The Kier molecular flexibility index (Phi) is 5.89. The maximum atomic E-state index is 13.8. The summed E-state index contributed by atoms with van der Waals surface area (Å²) in [7, 11) is -3.33. The van der Waals surface area contributed by atoms with Gasteiger partial charge in [0.05, 0.1) is 28.2 Å². The Morgan fingerprint density at radius 3 is 2.23 bits per heavy atom. The van der Waals surface area contributed by atoms with Gasteiger partial charge in [0.1, 0.15) is 11.5 Å². The SMILES string of the molecule is Cc1nn(Cc2ccc(S(C)(=O)=O)cc2)c(C)c1-c1c(C(N)=O)nc2cc(F)ccc2c1C(N)=O. The summed E-state index contributed by atoms with van der Waals surface area (Å²) in [6.07, 6.45) is 1.13. The molecule has 0 aliphatic heterocycles. The quantitative estimate of drug-likeness (QED) is 0.419. The van der Waals surface area contributed by atoms with Crippen molar-refractivity contribution >= 4 is 32.6 Å². The van der Waals surface area contributed by atoms with Crippen LogP contribution in [0.2, 0.25) is 0 Å². The molecule has 4 rings (SSSR count). The maximum absolute atomic E-state index is 13.8. The van der Waals surface area contributed by atoms with Gasteiger partial charge in [-0.2, -0.15) is 5.10 Å². The Morgan fingerprint density at radius 1 is 1.00 bits per heavy atom. The number of nitrogens with zero attached hydrogens (tertiary/aromatic N) is 3. The number of carbonyl (C=O) groups excluding carboxylic acids is 2. The van der Waals surface area contributed by atoms with Gasteiger partial charge in [-0.25, -0.2) is 17.8 Å². The van der Waals surface area contributed by atoms with Crippen LogP contribution in [0.15, 0.2) is 47.4 Å². The number of aryl methyl sites for hydroxylation is 1. The van der Waals surface area contributed by atoms with E-state index in [-0.39, 0.29) is 32.6 Å². The van der Waals surface area contributed by atoms with E-state index in [1.54, 1.807) is 30.7 Å². The highest BCUT2D eigenvalue weighted by Gasteiger charge is 2.27. The van der Waals surface area contributed by atoms with Crippen molar-refractivity contribution in [3.05, 3.63) is 76.5 Å². The second-order valence-corrected chi connectivity index (χ2v) is 10.2. The van der Waals surface area contributed by atoms with Crippen molar-refractivity contribution in [2.75, 3.05) is 6.26 Å². The number of halogens is 1. The zero-order valence-corrected chi connectivity index (χ0v) is 20.0. The van der Waals surface area contributed by atoms with E-state index in [2.05, 4.69) is 10.1 Å². The van der Waals surface area contributed by atoms with Crippen LogP contribution in [0, 0.1) is 19.7 Å². The summed E-state index contributed by atoms with van der Waals surface area (Å²) < 4.78 is 38.9. The van der Waals surface area contributed by atoms with E-state index in [4.69, 9.17) is 11.5 Å². The fourth-order valence-electron chi connectivity index (χ4n) is 4.14. The number of benzene rings is 2. The highest BCUT2D eigenvalue weighted by atomic mass is 32.2. The number of rotatable bonds is 6. The molecule has 180 valence electrons. The third-order valence-electron chi connectivity index (χ3n) is 5.74. The Hall–Kier alpha value is -4.12. The molecule has 0 unspecified atom stereocenters. The number of amides is 2. The third kappa shape index (κ3) is 4.37. The monoisotopic (exact) mass is 495 g/mol. The number of nitrogens with two attached hydrogens (primary N) is 2. The number of hydrogen-bond acceptors (Lipinski definition) is 6. The first-order valence-corrected chi connectivity index (χ1v) is 12.3. The average molecular weight is 496 g/mol. The molecule has 0 radical (unpaired) electrons. The minimum Gasteiger partial charge on any atom is -0.366 e. The largest absolute Gasteiger partial charge is 0.366 e. The van der Waals surface area contributed by atoms with E-state index in [0.717, 1.165) is 17.9 Å². The average Bonchev–Trinajstić information content (AvgIpc) is 3.04. The fourth-order valence-corrected chi connectivity index (χ4v) is 4.77. The Morgan fingerprint density at radius 2 is 1.66 bits per heavy atom. The summed E-state index contributed by atoms with van der Waals surface area (Å²) in [5, 5.41) is 4.83. The molecule has 0 bridgehead atoms. The summed E-state index contributed by atoms with van der Waals surface area (Å²) >= 11 is 0. The zero-order valence-electron chi connectivity index (χ0n) is 19.2. The summed E-state index contributed by atoms with van der Waals surface area (Å²) in [5.74, 6) is -2.33. The van der Waals surface area contributed by atoms with Gasteiger partial charge >= 0.3 is 0 Å². The second kappa shape index (κ2) is 8.58. The lowest BCUT2D eigenvalue weighted by Crippen LogP contribution is -2.21. The van der Waals surface area contributed by atoms with Crippen LogP contribution >= 0.6 is 0 Å². The van der Waals surface area contributed by atoms with Crippen molar-refractivity contribution in [2.24, 2.45) is 11.5 Å². The van der Waals surface area contributed by atoms with Gasteiger partial charge in [-0.1, -0.05) is 12.1 Å². The molecule has 11 heteroatoms. The molecule has 9 nitrogen and oxygen atoms in total. The van der Waals surface area contributed by atoms with Crippen molar-refractivity contribution in [3.8, 4) is 11.1 Å². The third-order valence-corrected chi connectivity index (χ3v) is 6.87. The van der Waals surface area contributed by atoms with Crippen LogP contribution in [0.3, 0.4) is 0 Å². The van der Waals surface area contributed by atoms with Gasteiger partial charge in [-0.05, 0) is 43.7 Å². The molecular formula is C24H22FN5O4S. The van der Waals surface area contributed by atoms with Gasteiger partial charge in [0, 0.05) is 34.5 Å². The molecule has 35 heavy (non-hydrogen) atoms. The van der Waals surface area contributed by atoms with E-state index in [1.807, 2.05) is 0 Å². The molecule has 4 aromatic rings. The van der Waals surface area contributed by atoms with Crippen molar-refractivity contribution in [3.63, 3.8) is 0 Å². The molecule has 2 aromatic heterocycles. The van der Waals surface area contributed by atoms with Crippen LogP contribution in [-0.2, 0) is 16.4 Å². The molecule has 0 atom stereocenters. The lowest BCUT2D eigenvalue weighted by molar-refractivity contribution is 0.0996. The first-order valence-electron chi connectivity index (χ1n) is 10.4. The van der Waals surface area contributed by atoms with Crippen molar-refractivity contribution in [2.45, 2.75) is 25.3 Å². The maximum Gasteiger partial charge on any atom is 0.267 e. The highest BCUT2D eigenvalue weighted by Crippen LogP contribution is 2.36. The number of hydrogen-bond donors (Lipinski definition) is 2.